The number of hydrogen-bond acceptors (Lipinski definition) is 3. The first kappa shape index (κ1) is 26.2. The molecule has 7 aromatic carbocycles. The molecule has 0 bridgehead atoms. The van der Waals surface area contributed by atoms with E-state index in [1.165, 1.54) is 10.8 Å². The van der Waals surface area contributed by atoms with Gasteiger partial charge >= 0.3 is 0 Å². The Morgan fingerprint density at radius 3 is 1.87 bits per heavy atom. The summed E-state index contributed by atoms with van der Waals surface area (Å²) in [4.78, 5) is 0. The van der Waals surface area contributed by atoms with Gasteiger partial charge in [-0.1, -0.05) is 97.1 Å². The van der Waals surface area contributed by atoms with Crippen LogP contribution in [0.2, 0.25) is 0 Å². The summed E-state index contributed by atoms with van der Waals surface area (Å²) in [5, 5.41) is 15.4. The molecule has 46 heavy (non-hydrogen) atoms. The van der Waals surface area contributed by atoms with Gasteiger partial charge in [-0.3, -0.25) is 0 Å². The number of phenolic OH excluding ortho intramolecular Hbond substituents is 1. The summed E-state index contributed by atoms with van der Waals surface area (Å²) in [7, 11) is 0. The molecule has 0 aliphatic carbocycles. The highest BCUT2D eigenvalue weighted by molar-refractivity contribution is 6.10. The van der Waals surface area contributed by atoms with Crippen molar-refractivity contribution in [1.29, 1.82) is 0 Å². The number of aromatic nitrogens is 1. The van der Waals surface area contributed by atoms with Crippen LogP contribution in [-0.2, 0) is 0 Å². The fourth-order valence-corrected chi connectivity index (χ4v) is 6.68. The Bertz CT molecular complexity index is 2540. The normalized spacial score (nSPS) is 11.6. The van der Waals surface area contributed by atoms with Gasteiger partial charge in [0.15, 0.2) is 0 Å². The summed E-state index contributed by atoms with van der Waals surface area (Å²) in [5.74, 6) is 1.57. The van der Waals surface area contributed by atoms with E-state index in [0.717, 1.165) is 60.9 Å². The van der Waals surface area contributed by atoms with Gasteiger partial charge in [0, 0.05) is 44.4 Å². The van der Waals surface area contributed by atoms with E-state index in [-0.39, 0.29) is 5.75 Å². The molecule has 9 aromatic rings. The van der Waals surface area contributed by atoms with Crippen molar-refractivity contribution < 1.29 is 14.3 Å². The highest BCUT2D eigenvalue weighted by atomic mass is 16.5. The Balaban J connectivity index is 1.20. The number of para-hydroxylation sites is 5. The number of ether oxygens (including phenoxy) is 1. The molecule has 2 heterocycles. The van der Waals surface area contributed by atoms with Crippen LogP contribution in [0.15, 0.2) is 162 Å². The molecule has 9 rings (SSSR count). The van der Waals surface area contributed by atoms with Gasteiger partial charge in [0.25, 0.3) is 0 Å². The Hall–Kier alpha value is -6.26. The van der Waals surface area contributed by atoms with Crippen LogP contribution >= 0.6 is 0 Å². The summed E-state index contributed by atoms with van der Waals surface area (Å²) >= 11 is 0. The van der Waals surface area contributed by atoms with Gasteiger partial charge < -0.3 is 18.8 Å². The van der Waals surface area contributed by atoms with Crippen LogP contribution in [0.25, 0.3) is 71.7 Å². The van der Waals surface area contributed by atoms with Crippen LogP contribution in [0.1, 0.15) is 0 Å². The molecule has 0 spiro atoms. The number of aromatic hydroxyl groups is 1. The zero-order valence-corrected chi connectivity index (χ0v) is 24.7. The number of phenols is 1. The molecular weight excluding hydrogens is 566 g/mol. The van der Waals surface area contributed by atoms with Crippen molar-refractivity contribution in [3.05, 3.63) is 158 Å². The monoisotopic (exact) mass is 593 g/mol. The average Bonchev–Trinajstić information content (AvgIpc) is 3.65. The molecule has 0 saturated heterocycles. The summed E-state index contributed by atoms with van der Waals surface area (Å²) < 4.78 is 15.3. The minimum absolute atomic E-state index is 0.209. The first-order valence-corrected chi connectivity index (χ1v) is 15.3. The second-order valence-electron chi connectivity index (χ2n) is 11.5. The molecule has 218 valence electrons. The van der Waals surface area contributed by atoms with Gasteiger partial charge in [-0.05, 0) is 65.7 Å². The fourth-order valence-electron chi connectivity index (χ4n) is 6.68. The molecule has 4 nitrogen and oxygen atoms in total. The fraction of sp³-hybridized carbons (Fsp3) is 0. The zero-order chi connectivity index (χ0) is 30.6. The quantitative estimate of drug-likeness (QED) is 0.216. The van der Waals surface area contributed by atoms with Crippen LogP contribution in [-0.4, -0.2) is 9.67 Å². The highest BCUT2D eigenvalue weighted by Crippen LogP contribution is 2.41. The van der Waals surface area contributed by atoms with Gasteiger partial charge in [-0.2, -0.15) is 0 Å². The van der Waals surface area contributed by atoms with Crippen LogP contribution in [0.5, 0.6) is 17.2 Å². The van der Waals surface area contributed by atoms with E-state index in [1.807, 2.05) is 60.7 Å². The van der Waals surface area contributed by atoms with Crippen molar-refractivity contribution in [3.63, 3.8) is 0 Å². The van der Waals surface area contributed by atoms with Gasteiger partial charge in [0.05, 0.1) is 11.0 Å². The van der Waals surface area contributed by atoms with E-state index < -0.39 is 0 Å². The van der Waals surface area contributed by atoms with E-state index >= 15 is 0 Å². The van der Waals surface area contributed by atoms with Crippen molar-refractivity contribution in [3.8, 4) is 45.2 Å². The van der Waals surface area contributed by atoms with Crippen LogP contribution in [0.3, 0.4) is 0 Å². The van der Waals surface area contributed by atoms with Crippen LogP contribution in [0, 0.1) is 0 Å². The molecule has 2 aromatic heterocycles. The molecule has 0 aliphatic rings. The van der Waals surface area contributed by atoms with Gasteiger partial charge in [-0.15, -0.1) is 0 Å². The topological polar surface area (TPSA) is 47.5 Å². The third kappa shape index (κ3) is 4.23. The minimum Gasteiger partial charge on any atom is -0.507 e. The lowest BCUT2D eigenvalue weighted by Crippen LogP contribution is -1.95. The van der Waals surface area contributed by atoms with E-state index in [9.17, 15) is 5.11 Å². The average molecular weight is 594 g/mol. The second kappa shape index (κ2) is 10.4. The maximum absolute atomic E-state index is 10.8. The number of hydrogen-bond donors (Lipinski definition) is 1. The predicted octanol–water partition coefficient (Wildman–Crippen LogP) is 11.5. The van der Waals surface area contributed by atoms with Gasteiger partial charge in [0.1, 0.15) is 28.4 Å². The summed E-state index contributed by atoms with van der Waals surface area (Å²) in [5.41, 5.74) is 8.42. The summed E-state index contributed by atoms with van der Waals surface area (Å²) in [6, 6.07) is 53.0. The number of furan rings is 1. The highest BCUT2D eigenvalue weighted by Gasteiger charge is 2.16. The molecule has 0 unspecified atom stereocenters. The molecule has 0 amide bonds. The number of fused-ring (bicyclic) bond motifs is 6. The lowest BCUT2D eigenvalue weighted by atomic mass is 9.96. The number of rotatable bonds is 5. The van der Waals surface area contributed by atoms with Crippen molar-refractivity contribution >= 4 is 43.7 Å². The Kier molecular flexibility index (Phi) is 5.93. The molecular formula is C42H27NO3. The maximum Gasteiger partial charge on any atom is 0.143 e. The van der Waals surface area contributed by atoms with E-state index in [0.29, 0.717) is 11.5 Å². The zero-order valence-electron chi connectivity index (χ0n) is 24.7. The third-order valence-corrected chi connectivity index (χ3v) is 8.73. The first-order chi connectivity index (χ1) is 22.7. The van der Waals surface area contributed by atoms with Gasteiger partial charge in [0.2, 0.25) is 0 Å². The van der Waals surface area contributed by atoms with E-state index in [1.54, 1.807) is 6.07 Å². The largest absolute Gasteiger partial charge is 0.507 e. The standard InChI is InChI=1S/C42H27NO3/c44-40-21-7-3-13-32(40)27-23-28(33-17-10-18-37-36-16-4-8-22-41(36)46-42(33)37)25-31(24-27)45-30-12-9-11-29(26-30)43-38-19-5-1-14-34(38)35-15-2-6-20-39(35)43/h1-26,44H. The molecule has 0 atom stereocenters. The van der Waals surface area contributed by atoms with E-state index in [4.69, 9.17) is 9.15 Å². The first-order valence-electron chi connectivity index (χ1n) is 15.3. The third-order valence-electron chi connectivity index (χ3n) is 8.73. The van der Waals surface area contributed by atoms with Crippen molar-refractivity contribution in [2.45, 2.75) is 0 Å². The van der Waals surface area contributed by atoms with Gasteiger partial charge in [-0.25, -0.2) is 0 Å². The lowest BCUT2D eigenvalue weighted by Gasteiger charge is -2.14. The van der Waals surface area contributed by atoms with Crippen molar-refractivity contribution in [2.24, 2.45) is 0 Å². The smallest absolute Gasteiger partial charge is 0.143 e. The SMILES string of the molecule is Oc1ccccc1-c1cc(Oc2cccc(-n3c4ccccc4c4ccccc43)c2)cc(-c2cccc3c2oc2ccccc23)c1. The lowest BCUT2D eigenvalue weighted by molar-refractivity contribution is 0.476. The number of nitrogens with zero attached hydrogens (tertiary/aromatic N) is 1. The Morgan fingerprint density at radius 1 is 0.478 bits per heavy atom. The molecule has 0 saturated carbocycles. The minimum atomic E-state index is 0.209. The molecule has 4 heteroatoms. The van der Waals surface area contributed by atoms with Crippen LogP contribution in [0.4, 0.5) is 0 Å². The molecule has 1 N–H and O–H groups in total. The maximum atomic E-state index is 10.8. The Labute approximate surface area is 265 Å². The Morgan fingerprint density at radius 2 is 1.09 bits per heavy atom. The summed E-state index contributed by atoms with van der Waals surface area (Å²) in [6.07, 6.45) is 0. The second-order valence-corrected chi connectivity index (χ2v) is 11.5. The molecule has 0 radical (unpaired) electrons. The van der Waals surface area contributed by atoms with Crippen molar-refractivity contribution in [1.82, 2.24) is 4.57 Å². The van der Waals surface area contributed by atoms with Crippen LogP contribution < -0.4 is 4.74 Å². The predicted molar refractivity (Wildman–Crippen MR) is 187 cm³/mol. The van der Waals surface area contributed by atoms with E-state index in [2.05, 4.69) is 95.6 Å². The molecule has 0 aliphatic heterocycles. The van der Waals surface area contributed by atoms with Crippen molar-refractivity contribution in [2.75, 3.05) is 0 Å². The summed E-state index contributed by atoms with van der Waals surface area (Å²) in [6.45, 7) is 0. The molecule has 0 fully saturated rings. The number of benzene rings is 7.